The fraction of sp³-hybridized carbons (Fsp3) is 0.143. The number of hydrogen-bond acceptors (Lipinski definition) is 3. The molecule has 0 atom stereocenters. The number of para-hydroxylation sites is 1. The second kappa shape index (κ2) is 15.3. The summed E-state index contributed by atoms with van der Waals surface area (Å²) in [7, 11) is 0. The smallest absolute Gasteiger partial charge is 0.148 e. The predicted octanol–water partition coefficient (Wildman–Crippen LogP) is 14.7. The van der Waals surface area contributed by atoms with Gasteiger partial charge in [0.25, 0.3) is 0 Å². The van der Waals surface area contributed by atoms with Gasteiger partial charge in [0.05, 0.1) is 22.1 Å². The second-order valence-electron chi connectivity index (χ2n) is 17.9. The fourth-order valence-corrected chi connectivity index (χ4v) is 8.81. The molecule has 0 fully saturated rings. The zero-order valence-electron chi connectivity index (χ0n) is 35.2. The summed E-state index contributed by atoms with van der Waals surface area (Å²) in [6, 6.07) is 59.4. The minimum absolute atomic E-state index is 0. The number of pyridine rings is 1. The molecule has 302 valence electrons. The molecule has 3 aromatic heterocycles. The molecular weight excluding hydrogens is 926 g/mol. The van der Waals surface area contributed by atoms with E-state index in [9.17, 15) is 5.11 Å². The van der Waals surface area contributed by atoms with Crippen LogP contribution in [0.2, 0.25) is 0 Å². The number of aromatic nitrogens is 3. The van der Waals surface area contributed by atoms with Gasteiger partial charge in [0.2, 0.25) is 0 Å². The minimum atomic E-state index is -0.326. The van der Waals surface area contributed by atoms with Crippen molar-refractivity contribution in [2.45, 2.75) is 52.4 Å². The van der Waals surface area contributed by atoms with Gasteiger partial charge in [0.1, 0.15) is 11.6 Å². The van der Waals surface area contributed by atoms with Gasteiger partial charge in [0.15, 0.2) is 0 Å². The van der Waals surface area contributed by atoms with Crippen LogP contribution >= 0.6 is 0 Å². The molecule has 0 radical (unpaired) electrons. The summed E-state index contributed by atoms with van der Waals surface area (Å²) >= 11 is 0. The molecule has 0 amide bonds. The van der Waals surface area contributed by atoms with Crippen LogP contribution in [0.1, 0.15) is 52.7 Å². The van der Waals surface area contributed by atoms with Crippen molar-refractivity contribution in [3.05, 3.63) is 181 Å². The van der Waals surface area contributed by atoms with Gasteiger partial charge in [-0.2, -0.15) is 0 Å². The van der Waals surface area contributed by atoms with Crippen LogP contribution in [0.25, 0.3) is 93.8 Å². The third-order valence-electron chi connectivity index (χ3n) is 11.9. The van der Waals surface area contributed by atoms with Gasteiger partial charge >= 0.3 is 0 Å². The molecule has 10 rings (SSSR count). The third-order valence-corrected chi connectivity index (χ3v) is 11.9. The third kappa shape index (κ3) is 6.94. The number of hydrogen-bond donors (Lipinski definition) is 1. The van der Waals surface area contributed by atoms with Crippen molar-refractivity contribution in [2.75, 3.05) is 0 Å². The van der Waals surface area contributed by atoms with Crippen LogP contribution in [0, 0.1) is 6.07 Å². The summed E-state index contributed by atoms with van der Waals surface area (Å²) in [5.41, 5.74) is 10.9. The topological polar surface area (TPSA) is 50.4 Å². The maximum atomic E-state index is 12.5. The summed E-state index contributed by atoms with van der Waals surface area (Å²) in [6.45, 7) is 13.2. The SMILES string of the molecule is CC(C)(C)c1cc(-c2nc3c(-c4[c-]c(-c5cc(-c6ccccc6)ccn5)ccc4)ccc4c5ccccc5c5ccccc5c5ccccc5n2c34)c(O)c(C(C)(C)C)c1.[Pt]. The minimum Gasteiger partial charge on any atom is -0.507 e. The van der Waals surface area contributed by atoms with E-state index in [1.807, 2.05) is 12.3 Å². The van der Waals surface area contributed by atoms with E-state index in [4.69, 9.17) is 9.97 Å². The number of phenols is 1. The van der Waals surface area contributed by atoms with Crippen molar-refractivity contribution in [1.82, 2.24) is 14.4 Å². The molecule has 3 heterocycles. The van der Waals surface area contributed by atoms with E-state index in [-0.39, 0.29) is 37.6 Å². The van der Waals surface area contributed by atoms with E-state index < -0.39 is 0 Å². The Balaban J connectivity index is 0.00000476. The van der Waals surface area contributed by atoms with Gasteiger partial charge in [0, 0.05) is 49.3 Å². The molecular formula is C56H46N3OPt-. The van der Waals surface area contributed by atoms with Gasteiger partial charge < -0.3 is 5.11 Å². The number of nitrogens with zero attached hydrogens (tertiary/aromatic N) is 3. The molecule has 7 aromatic carbocycles. The van der Waals surface area contributed by atoms with Crippen molar-refractivity contribution >= 4 is 48.9 Å². The molecule has 1 N–H and O–H groups in total. The zero-order chi connectivity index (χ0) is 41.3. The molecule has 0 bridgehead atoms. The van der Waals surface area contributed by atoms with Gasteiger partial charge in [-0.25, -0.2) is 4.98 Å². The number of imidazole rings is 1. The van der Waals surface area contributed by atoms with Gasteiger partial charge in [-0.05, 0) is 67.3 Å². The van der Waals surface area contributed by atoms with E-state index in [0.29, 0.717) is 11.4 Å². The first kappa shape index (κ1) is 40.1. The normalized spacial score (nSPS) is 12.0. The number of aromatic hydroxyl groups is 1. The standard InChI is InChI=1S/C56H46N3O.Pt/c1-55(2,3)39-33-47(53(60)48(34-39)56(4,5)6)54-58-51-40(37-19-16-20-38(31-37)49-32-36(29-30-57-49)35-17-8-7-9-18-35)27-28-46-44-24-13-11-22-42(44)41-21-10-12-23-43(41)45-25-14-15-26-50(45)59(54)52(46)51;/h7-30,32-34,60H,1-6H3;/q-1;. The Morgan fingerprint density at radius 2 is 1.13 bits per heavy atom. The molecule has 0 aliphatic rings. The first-order chi connectivity index (χ1) is 29.0. The van der Waals surface area contributed by atoms with Crippen LogP contribution in [-0.2, 0) is 31.9 Å². The van der Waals surface area contributed by atoms with Gasteiger partial charge in [-0.3, -0.25) is 9.38 Å². The van der Waals surface area contributed by atoms with E-state index in [0.717, 1.165) is 93.5 Å². The summed E-state index contributed by atoms with van der Waals surface area (Å²) < 4.78 is 2.31. The first-order valence-electron chi connectivity index (χ1n) is 20.7. The Morgan fingerprint density at radius 3 is 1.80 bits per heavy atom. The number of fused-ring (bicyclic) bond motifs is 7. The molecule has 0 saturated heterocycles. The number of benzene rings is 7. The molecule has 0 unspecified atom stereocenters. The average molecular weight is 972 g/mol. The van der Waals surface area contributed by atoms with E-state index in [2.05, 4.69) is 204 Å². The molecule has 0 spiro atoms. The Kier molecular flexibility index (Phi) is 10.0. The summed E-state index contributed by atoms with van der Waals surface area (Å²) in [5, 5.41) is 19.2. The first-order valence-corrected chi connectivity index (χ1v) is 20.7. The quantitative estimate of drug-likeness (QED) is 0.179. The molecule has 61 heavy (non-hydrogen) atoms. The van der Waals surface area contributed by atoms with Crippen molar-refractivity contribution in [1.29, 1.82) is 0 Å². The second-order valence-corrected chi connectivity index (χ2v) is 17.9. The number of rotatable bonds is 4. The molecule has 0 aliphatic heterocycles. The van der Waals surface area contributed by atoms with E-state index >= 15 is 0 Å². The fourth-order valence-electron chi connectivity index (χ4n) is 8.81. The van der Waals surface area contributed by atoms with E-state index in [1.54, 1.807) is 0 Å². The molecule has 0 saturated carbocycles. The molecule has 4 nitrogen and oxygen atoms in total. The van der Waals surface area contributed by atoms with Crippen LogP contribution in [0.15, 0.2) is 164 Å². The Hall–Kier alpha value is -6.35. The largest absolute Gasteiger partial charge is 0.507 e. The molecule has 0 aliphatic carbocycles. The maximum absolute atomic E-state index is 12.5. The van der Waals surface area contributed by atoms with Crippen molar-refractivity contribution in [3.63, 3.8) is 0 Å². The summed E-state index contributed by atoms with van der Waals surface area (Å²) in [6.07, 6.45) is 1.87. The molecule has 5 heteroatoms. The molecule has 10 aromatic rings. The Bertz CT molecular complexity index is 3350. The summed E-state index contributed by atoms with van der Waals surface area (Å²) in [5.74, 6) is 0.937. The monoisotopic (exact) mass is 971 g/mol. The van der Waals surface area contributed by atoms with Crippen molar-refractivity contribution in [3.8, 4) is 50.6 Å². The predicted molar refractivity (Wildman–Crippen MR) is 251 cm³/mol. The maximum Gasteiger partial charge on any atom is 0.148 e. The van der Waals surface area contributed by atoms with Crippen LogP contribution in [0.4, 0.5) is 0 Å². The Morgan fingerprint density at radius 1 is 0.525 bits per heavy atom. The van der Waals surface area contributed by atoms with Gasteiger partial charge in [-0.15, -0.1) is 29.8 Å². The average Bonchev–Trinajstić information content (AvgIpc) is 3.67. The van der Waals surface area contributed by atoms with Crippen LogP contribution in [-0.4, -0.2) is 19.5 Å². The number of phenolic OH excluding ortho intramolecular Hbond substituents is 1. The van der Waals surface area contributed by atoms with Crippen LogP contribution < -0.4 is 0 Å². The van der Waals surface area contributed by atoms with Crippen LogP contribution in [0.5, 0.6) is 5.75 Å². The van der Waals surface area contributed by atoms with Crippen LogP contribution in [0.3, 0.4) is 0 Å². The summed E-state index contributed by atoms with van der Waals surface area (Å²) in [4.78, 5) is 10.5. The van der Waals surface area contributed by atoms with Gasteiger partial charge in [-0.1, -0.05) is 174 Å². The Labute approximate surface area is 371 Å². The zero-order valence-corrected chi connectivity index (χ0v) is 37.5. The van der Waals surface area contributed by atoms with E-state index in [1.165, 1.54) is 0 Å². The van der Waals surface area contributed by atoms with Crippen molar-refractivity contribution < 1.29 is 26.2 Å². The van der Waals surface area contributed by atoms with Crippen molar-refractivity contribution in [2.24, 2.45) is 0 Å².